The van der Waals surface area contributed by atoms with E-state index in [4.69, 9.17) is 5.11 Å². The molecule has 1 fully saturated rings. The summed E-state index contributed by atoms with van der Waals surface area (Å²) in [5, 5.41) is 14.9. The van der Waals surface area contributed by atoms with Crippen molar-refractivity contribution in [2.24, 2.45) is 0 Å². The molecule has 1 amide bonds. The van der Waals surface area contributed by atoms with Gasteiger partial charge in [-0.1, -0.05) is 0 Å². The van der Waals surface area contributed by atoms with E-state index in [0.717, 1.165) is 12.8 Å². The Labute approximate surface area is 85.9 Å². The summed E-state index contributed by atoms with van der Waals surface area (Å²) in [7, 11) is 0. The molecule has 15 heavy (non-hydrogen) atoms. The number of carbonyl (C=O) groups excluding carboxylic acids is 1. The van der Waals surface area contributed by atoms with E-state index in [9.17, 15) is 9.59 Å². The third-order valence-electron chi connectivity index (χ3n) is 2.56. The molecule has 1 saturated carbocycles. The molecule has 2 rings (SSSR count). The Morgan fingerprint density at radius 2 is 2.40 bits per heavy atom. The molecular weight excluding hydrogens is 198 g/mol. The molecule has 1 aliphatic carbocycles. The van der Waals surface area contributed by atoms with E-state index in [1.54, 1.807) is 16.9 Å². The molecule has 80 valence electrons. The highest BCUT2D eigenvalue weighted by Gasteiger charge is 2.31. The van der Waals surface area contributed by atoms with Gasteiger partial charge in [-0.3, -0.25) is 9.48 Å². The molecule has 0 bridgehead atoms. The topological polar surface area (TPSA) is 84.2 Å². The van der Waals surface area contributed by atoms with E-state index in [0.29, 0.717) is 12.0 Å². The van der Waals surface area contributed by atoms with Crippen LogP contribution in [-0.4, -0.2) is 33.3 Å². The number of carbonyl (C=O) groups is 2. The van der Waals surface area contributed by atoms with Gasteiger partial charge in [0.15, 0.2) is 6.29 Å². The number of amides is 1. The number of hydrogen-bond donors (Lipinski definition) is 2. The molecule has 0 unspecified atom stereocenters. The largest absolute Gasteiger partial charge is 0.465 e. The van der Waals surface area contributed by atoms with Crippen LogP contribution >= 0.6 is 0 Å². The van der Waals surface area contributed by atoms with Crippen molar-refractivity contribution in [2.75, 3.05) is 0 Å². The van der Waals surface area contributed by atoms with Gasteiger partial charge in [-0.25, -0.2) is 4.79 Å². The number of nitrogens with zero attached hydrogens (tertiary/aromatic N) is 2. The summed E-state index contributed by atoms with van der Waals surface area (Å²) in [5.74, 6) is 0. The van der Waals surface area contributed by atoms with Crippen molar-refractivity contribution in [1.29, 1.82) is 0 Å². The summed E-state index contributed by atoms with van der Waals surface area (Å²) >= 11 is 0. The van der Waals surface area contributed by atoms with Crippen LogP contribution in [0, 0.1) is 0 Å². The van der Waals surface area contributed by atoms with Crippen molar-refractivity contribution in [1.82, 2.24) is 15.1 Å². The first-order valence-corrected chi connectivity index (χ1v) is 4.69. The summed E-state index contributed by atoms with van der Waals surface area (Å²) in [5.41, 5.74) is 0.407. The van der Waals surface area contributed by atoms with Crippen molar-refractivity contribution in [3.05, 3.63) is 18.0 Å². The Bertz CT molecular complexity index is 382. The average Bonchev–Trinajstić information content (AvgIpc) is 2.58. The van der Waals surface area contributed by atoms with E-state index in [1.165, 1.54) is 0 Å². The fraction of sp³-hybridized carbons (Fsp3) is 0.444. The highest BCUT2D eigenvalue weighted by Crippen LogP contribution is 2.31. The van der Waals surface area contributed by atoms with E-state index in [2.05, 4.69) is 10.4 Å². The number of aldehydes is 1. The SMILES string of the molecule is O=Cc1ccn([C@H]2C[C@@H](NC(=O)O)C2)n1. The lowest BCUT2D eigenvalue weighted by molar-refractivity contribution is 0.111. The third kappa shape index (κ3) is 1.98. The van der Waals surface area contributed by atoms with Crippen LogP contribution in [0.3, 0.4) is 0 Å². The van der Waals surface area contributed by atoms with Gasteiger partial charge in [-0.15, -0.1) is 0 Å². The maximum Gasteiger partial charge on any atom is 0.404 e. The molecule has 2 N–H and O–H groups in total. The zero-order valence-corrected chi connectivity index (χ0v) is 7.96. The summed E-state index contributed by atoms with van der Waals surface area (Å²) in [6, 6.07) is 1.86. The van der Waals surface area contributed by atoms with Gasteiger partial charge in [0, 0.05) is 12.2 Å². The minimum atomic E-state index is -0.993. The molecule has 0 aromatic carbocycles. The normalized spacial score (nSPS) is 24.3. The molecule has 1 aromatic heterocycles. The second kappa shape index (κ2) is 3.72. The van der Waals surface area contributed by atoms with Crippen LogP contribution in [0.25, 0.3) is 0 Å². The van der Waals surface area contributed by atoms with Crippen LogP contribution in [-0.2, 0) is 0 Å². The van der Waals surface area contributed by atoms with Gasteiger partial charge < -0.3 is 10.4 Å². The lowest BCUT2D eigenvalue weighted by Crippen LogP contribution is -2.44. The molecule has 1 aromatic rings. The van der Waals surface area contributed by atoms with Crippen molar-refractivity contribution in [3.63, 3.8) is 0 Å². The molecule has 0 spiro atoms. The third-order valence-corrected chi connectivity index (χ3v) is 2.56. The van der Waals surface area contributed by atoms with Gasteiger partial charge in [-0.2, -0.15) is 5.10 Å². The Kier molecular flexibility index (Phi) is 2.40. The number of aromatic nitrogens is 2. The van der Waals surface area contributed by atoms with Crippen LogP contribution in [0.4, 0.5) is 4.79 Å². The Balaban J connectivity index is 1.88. The van der Waals surface area contributed by atoms with E-state index < -0.39 is 6.09 Å². The second-order valence-electron chi connectivity index (χ2n) is 3.61. The molecule has 0 atom stereocenters. The number of carboxylic acid groups (broad SMARTS) is 1. The summed E-state index contributed by atoms with van der Waals surface area (Å²) in [6.07, 6.45) is 2.90. The van der Waals surface area contributed by atoms with Crippen LogP contribution in [0.5, 0.6) is 0 Å². The van der Waals surface area contributed by atoms with Crippen molar-refractivity contribution in [2.45, 2.75) is 24.9 Å². The van der Waals surface area contributed by atoms with Crippen LogP contribution in [0.15, 0.2) is 12.3 Å². The fourth-order valence-corrected chi connectivity index (χ4v) is 1.72. The maximum atomic E-state index is 10.4. The van der Waals surface area contributed by atoms with Gasteiger partial charge in [0.2, 0.25) is 0 Å². The van der Waals surface area contributed by atoms with Gasteiger partial charge in [0.05, 0.1) is 6.04 Å². The highest BCUT2D eigenvalue weighted by atomic mass is 16.4. The summed E-state index contributed by atoms with van der Waals surface area (Å²) < 4.78 is 1.71. The molecule has 6 nitrogen and oxygen atoms in total. The molecule has 0 radical (unpaired) electrons. The van der Waals surface area contributed by atoms with E-state index in [-0.39, 0.29) is 12.1 Å². The number of nitrogens with one attached hydrogen (secondary N) is 1. The first-order valence-electron chi connectivity index (χ1n) is 4.69. The lowest BCUT2D eigenvalue weighted by atomic mass is 9.87. The Hall–Kier alpha value is -1.85. The fourth-order valence-electron chi connectivity index (χ4n) is 1.72. The zero-order chi connectivity index (χ0) is 10.8. The molecular formula is C9H11N3O3. The number of hydrogen-bond acceptors (Lipinski definition) is 3. The Morgan fingerprint density at radius 1 is 1.67 bits per heavy atom. The lowest BCUT2D eigenvalue weighted by Gasteiger charge is -2.34. The quantitative estimate of drug-likeness (QED) is 0.716. The van der Waals surface area contributed by atoms with Gasteiger partial charge in [-0.05, 0) is 18.9 Å². The summed E-state index contributed by atoms with van der Waals surface area (Å²) in [6.45, 7) is 0. The van der Waals surface area contributed by atoms with Crippen molar-refractivity contribution in [3.8, 4) is 0 Å². The minimum Gasteiger partial charge on any atom is -0.465 e. The van der Waals surface area contributed by atoms with Crippen LogP contribution in [0.2, 0.25) is 0 Å². The smallest absolute Gasteiger partial charge is 0.404 e. The van der Waals surface area contributed by atoms with E-state index in [1.807, 2.05) is 0 Å². The predicted molar refractivity (Wildman–Crippen MR) is 50.8 cm³/mol. The first-order chi connectivity index (χ1) is 7.19. The van der Waals surface area contributed by atoms with E-state index >= 15 is 0 Å². The molecule has 0 saturated heterocycles. The molecule has 1 heterocycles. The second-order valence-corrected chi connectivity index (χ2v) is 3.61. The predicted octanol–water partition coefficient (Wildman–Crippen LogP) is 0.667. The molecule has 0 aliphatic heterocycles. The van der Waals surface area contributed by atoms with Crippen LogP contribution < -0.4 is 5.32 Å². The summed E-state index contributed by atoms with van der Waals surface area (Å²) in [4.78, 5) is 20.7. The monoisotopic (exact) mass is 209 g/mol. The van der Waals surface area contributed by atoms with Gasteiger partial charge >= 0.3 is 6.09 Å². The molecule has 6 heteroatoms. The zero-order valence-electron chi connectivity index (χ0n) is 7.96. The van der Waals surface area contributed by atoms with Gasteiger partial charge in [0.1, 0.15) is 5.69 Å². The van der Waals surface area contributed by atoms with Gasteiger partial charge in [0.25, 0.3) is 0 Å². The molecule has 1 aliphatic rings. The first kappa shape index (κ1) is 9.70. The highest BCUT2D eigenvalue weighted by molar-refractivity contribution is 5.71. The number of rotatable bonds is 3. The Morgan fingerprint density at radius 3 is 2.93 bits per heavy atom. The van der Waals surface area contributed by atoms with Crippen LogP contribution in [0.1, 0.15) is 29.4 Å². The average molecular weight is 209 g/mol. The van der Waals surface area contributed by atoms with Crippen molar-refractivity contribution >= 4 is 12.4 Å². The van der Waals surface area contributed by atoms with Crippen molar-refractivity contribution < 1.29 is 14.7 Å². The standard InChI is InChI=1S/C9H11N3O3/c13-5-6-1-2-12(11-6)8-3-7(4-8)10-9(14)15/h1-2,5,7-8,10H,3-4H2,(H,14,15)/t7-,8+. The minimum absolute atomic E-state index is 0.0105. The maximum absolute atomic E-state index is 10.4.